The number of rotatable bonds is 6. The van der Waals surface area contributed by atoms with E-state index in [0.717, 1.165) is 5.56 Å². The summed E-state index contributed by atoms with van der Waals surface area (Å²) in [5, 5.41) is 12.3. The Hall–Kier alpha value is -1.17. The van der Waals surface area contributed by atoms with Gasteiger partial charge in [-0.1, -0.05) is 6.92 Å². The van der Waals surface area contributed by atoms with Gasteiger partial charge in [0.05, 0.1) is 12.6 Å². The molecule has 90 valence electrons. The molecule has 2 atom stereocenters. The number of carboxylic acid groups (broad SMARTS) is 1. The van der Waals surface area contributed by atoms with Crippen LogP contribution in [-0.4, -0.2) is 36.1 Å². The van der Waals surface area contributed by atoms with Crippen molar-refractivity contribution in [2.24, 2.45) is 7.05 Å². The van der Waals surface area contributed by atoms with Gasteiger partial charge in [0.25, 0.3) is 0 Å². The molecular formula is C10H16N2O3S. The van der Waals surface area contributed by atoms with E-state index in [1.54, 1.807) is 17.8 Å². The topological polar surface area (TPSA) is 72.2 Å². The Morgan fingerprint density at radius 1 is 1.69 bits per heavy atom. The number of carbonyl (C=O) groups is 1. The first-order chi connectivity index (χ1) is 7.49. The summed E-state index contributed by atoms with van der Waals surface area (Å²) in [7, 11) is 0.732. The van der Waals surface area contributed by atoms with Crippen LogP contribution in [0.2, 0.25) is 0 Å². The first-order valence-corrected chi connectivity index (χ1v) is 6.43. The maximum absolute atomic E-state index is 11.7. The van der Waals surface area contributed by atoms with E-state index in [1.807, 2.05) is 13.2 Å². The average molecular weight is 244 g/mol. The molecule has 0 radical (unpaired) electrons. The van der Waals surface area contributed by atoms with Crippen LogP contribution in [0.25, 0.3) is 0 Å². The van der Waals surface area contributed by atoms with E-state index in [1.165, 1.54) is 0 Å². The lowest BCUT2D eigenvalue weighted by Gasteiger charge is -2.07. The number of hydrogen-bond acceptors (Lipinski definition) is 3. The van der Waals surface area contributed by atoms with Crippen molar-refractivity contribution in [3.05, 3.63) is 18.0 Å². The van der Waals surface area contributed by atoms with E-state index in [9.17, 15) is 9.00 Å². The third-order valence-electron chi connectivity index (χ3n) is 2.26. The van der Waals surface area contributed by atoms with Gasteiger partial charge in [-0.2, -0.15) is 5.10 Å². The van der Waals surface area contributed by atoms with Gasteiger partial charge in [-0.3, -0.25) is 13.7 Å². The Labute approximate surface area is 96.9 Å². The standard InChI is InChI=1S/C10H16N2O3S/c1-8(5-10(13)14)16(15)4-3-9-6-11-12(2)7-9/h6-8H,3-5H2,1-2H3,(H,13,14). The predicted octanol–water partition coefficient (Wildman–Crippen LogP) is 0.575. The van der Waals surface area contributed by atoms with Crippen LogP contribution in [0.1, 0.15) is 18.9 Å². The molecule has 1 heterocycles. The van der Waals surface area contributed by atoms with Crippen LogP contribution in [0.15, 0.2) is 12.4 Å². The third-order valence-corrected chi connectivity index (χ3v) is 3.93. The minimum absolute atomic E-state index is 0.0420. The fourth-order valence-corrected chi connectivity index (χ4v) is 2.53. The molecule has 0 saturated carbocycles. The number of carboxylic acids is 1. The summed E-state index contributed by atoms with van der Waals surface area (Å²) in [6, 6.07) is 0. The third kappa shape index (κ3) is 4.14. The van der Waals surface area contributed by atoms with Crippen molar-refractivity contribution >= 4 is 16.8 Å². The zero-order chi connectivity index (χ0) is 12.1. The summed E-state index contributed by atoms with van der Waals surface area (Å²) in [6.07, 6.45) is 4.24. The van der Waals surface area contributed by atoms with E-state index >= 15 is 0 Å². The zero-order valence-corrected chi connectivity index (χ0v) is 10.2. The predicted molar refractivity (Wildman–Crippen MR) is 61.6 cm³/mol. The smallest absolute Gasteiger partial charge is 0.304 e. The molecule has 0 aromatic carbocycles. The SMILES string of the molecule is CC(CC(=O)O)S(=O)CCc1cnn(C)c1. The molecule has 0 amide bonds. The summed E-state index contributed by atoms with van der Waals surface area (Å²) in [5.74, 6) is -0.414. The van der Waals surface area contributed by atoms with Crippen molar-refractivity contribution in [3.63, 3.8) is 0 Å². The Morgan fingerprint density at radius 3 is 2.88 bits per heavy atom. The molecule has 16 heavy (non-hydrogen) atoms. The summed E-state index contributed by atoms with van der Waals surface area (Å²) in [4.78, 5) is 10.4. The first kappa shape index (κ1) is 12.9. The lowest BCUT2D eigenvalue weighted by Crippen LogP contribution is -2.18. The Morgan fingerprint density at radius 2 is 2.38 bits per heavy atom. The summed E-state index contributed by atoms with van der Waals surface area (Å²) in [5.41, 5.74) is 1.03. The quantitative estimate of drug-likeness (QED) is 0.794. The molecular weight excluding hydrogens is 228 g/mol. The van der Waals surface area contributed by atoms with Crippen LogP contribution in [0.3, 0.4) is 0 Å². The highest BCUT2D eigenvalue weighted by Gasteiger charge is 2.14. The molecule has 2 unspecified atom stereocenters. The molecule has 0 spiro atoms. The van der Waals surface area contributed by atoms with Crippen LogP contribution < -0.4 is 0 Å². The lowest BCUT2D eigenvalue weighted by atomic mass is 10.3. The fraction of sp³-hybridized carbons (Fsp3) is 0.600. The van der Waals surface area contributed by atoms with E-state index < -0.39 is 16.8 Å². The van der Waals surface area contributed by atoms with E-state index in [2.05, 4.69) is 5.10 Å². The monoisotopic (exact) mass is 244 g/mol. The maximum atomic E-state index is 11.7. The molecule has 0 saturated heterocycles. The summed E-state index contributed by atoms with van der Waals surface area (Å²) >= 11 is 0. The van der Waals surface area contributed by atoms with Gasteiger partial charge >= 0.3 is 5.97 Å². The Balaban J connectivity index is 2.37. The minimum atomic E-state index is -1.09. The molecule has 1 rings (SSSR count). The van der Waals surface area contributed by atoms with Crippen molar-refractivity contribution in [2.75, 3.05) is 5.75 Å². The van der Waals surface area contributed by atoms with Crippen LogP contribution in [-0.2, 0) is 29.1 Å². The van der Waals surface area contributed by atoms with Gasteiger partial charge in [-0.25, -0.2) is 0 Å². The van der Waals surface area contributed by atoms with Gasteiger partial charge in [0.15, 0.2) is 0 Å². The molecule has 1 N–H and O–H groups in total. The second-order valence-electron chi connectivity index (χ2n) is 3.77. The Bertz CT molecular complexity index is 389. The van der Waals surface area contributed by atoms with Crippen molar-refractivity contribution in [3.8, 4) is 0 Å². The molecule has 6 heteroatoms. The zero-order valence-electron chi connectivity index (χ0n) is 9.42. The van der Waals surface area contributed by atoms with Crippen molar-refractivity contribution in [1.82, 2.24) is 9.78 Å². The van der Waals surface area contributed by atoms with Crippen molar-refractivity contribution in [1.29, 1.82) is 0 Å². The molecule has 0 aliphatic heterocycles. The second kappa shape index (κ2) is 5.79. The van der Waals surface area contributed by atoms with E-state index in [0.29, 0.717) is 12.2 Å². The number of hydrogen-bond donors (Lipinski definition) is 1. The highest BCUT2D eigenvalue weighted by atomic mass is 32.2. The molecule has 0 bridgehead atoms. The second-order valence-corrected chi connectivity index (χ2v) is 5.74. The molecule has 0 aliphatic rings. The molecule has 1 aromatic heterocycles. The first-order valence-electron chi connectivity index (χ1n) is 5.05. The molecule has 0 aliphatic carbocycles. The van der Waals surface area contributed by atoms with Gasteiger partial charge in [-0.05, 0) is 12.0 Å². The van der Waals surface area contributed by atoms with Crippen LogP contribution in [0.5, 0.6) is 0 Å². The lowest BCUT2D eigenvalue weighted by molar-refractivity contribution is -0.136. The minimum Gasteiger partial charge on any atom is -0.481 e. The molecule has 0 fully saturated rings. The maximum Gasteiger partial charge on any atom is 0.304 e. The Kier molecular flexibility index (Phi) is 4.67. The molecule has 5 nitrogen and oxygen atoms in total. The van der Waals surface area contributed by atoms with E-state index in [4.69, 9.17) is 5.11 Å². The summed E-state index contributed by atoms with van der Waals surface area (Å²) < 4.78 is 13.4. The van der Waals surface area contributed by atoms with E-state index in [-0.39, 0.29) is 11.7 Å². The highest BCUT2D eigenvalue weighted by Crippen LogP contribution is 2.05. The van der Waals surface area contributed by atoms with Gasteiger partial charge in [0.1, 0.15) is 0 Å². The van der Waals surface area contributed by atoms with Gasteiger partial charge in [0, 0.05) is 35.0 Å². The fourth-order valence-electron chi connectivity index (χ4n) is 1.36. The van der Waals surface area contributed by atoms with Gasteiger partial charge in [-0.15, -0.1) is 0 Å². The highest BCUT2D eigenvalue weighted by molar-refractivity contribution is 7.85. The van der Waals surface area contributed by atoms with Crippen molar-refractivity contribution in [2.45, 2.75) is 25.0 Å². The van der Waals surface area contributed by atoms with Crippen molar-refractivity contribution < 1.29 is 14.1 Å². The number of aromatic nitrogens is 2. The summed E-state index contributed by atoms with van der Waals surface area (Å²) in [6.45, 7) is 1.70. The van der Waals surface area contributed by atoms with Crippen LogP contribution in [0, 0.1) is 0 Å². The normalized spacial score (nSPS) is 14.6. The number of aryl methyl sites for hydroxylation is 2. The van der Waals surface area contributed by atoms with Gasteiger partial charge < -0.3 is 5.11 Å². The van der Waals surface area contributed by atoms with Crippen LogP contribution in [0.4, 0.5) is 0 Å². The largest absolute Gasteiger partial charge is 0.481 e. The average Bonchev–Trinajstić information content (AvgIpc) is 2.59. The van der Waals surface area contributed by atoms with Crippen LogP contribution >= 0.6 is 0 Å². The number of nitrogens with zero attached hydrogens (tertiary/aromatic N) is 2. The molecule has 1 aromatic rings. The van der Waals surface area contributed by atoms with Gasteiger partial charge in [0.2, 0.25) is 0 Å². The number of aliphatic carboxylic acids is 1.